The van der Waals surface area contributed by atoms with Crippen molar-refractivity contribution < 1.29 is 55.2 Å². The van der Waals surface area contributed by atoms with Gasteiger partial charge in [0.2, 0.25) is 4.34 Å². The monoisotopic (exact) mass is 1870 g/mol. The summed E-state index contributed by atoms with van der Waals surface area (Å²) in [5.41, 5.74) is 1.09. The lowest BCUT2D eigenvalue weighted by Crippen LogP contribution is -3.00. The molecule has 7 aromatic heterocycles. The van der Waals surface area contributed by atoms with Gasteiger partial charge in [0.05, 0.1) is 42.0 Å². The number of carbonyl (C=O) groups is 2. The molecule has 0 aliphatic carbocycles. The van der Waals surface area contributed by atoms with Gasteiger partial charge >= 0.3 is 5.97 Å². The molecule has 33 heteroatoms. The molecule has 0 aliphatic rings. The fourth-order valence-corrected chi connectivity index (χ4v) is 20.2. The number of carbonyl (C=O) groups excluding carboxylic acids is 1. The number of methoxy groups -OCH3 is 2. The zero-order valence-electron chi connectivity index (χ0n) is 52.9. The van der Waals surface area contributed by atoms with Crippen LogP contribution in [0.15, 0.2) is 168 Å². The third-order valence-corrected chi connectivity index (χ3v) is 29.1. The van der Waals surface area contributed by atoms with Crippen LogP contribution in [0.3, 0.4) is 0 Å². The van der Waals surface area contributed by atoms with E-state index in [1.807, 2.05) is 47.0 Å². The first-order valence-electron chi connectivity index (χ1n) is 28.0. The Morgan fingerprint density at radius 1 is 0.558 bits per heavy atom. The van der Waals surface area contributed by atoms with Gasteiger partial charge in [-0.1, -0.05) is 96.1 Å². The molecule has 5 unspecified atom stereocenters. The summed E-state index contributed by atoms with van der Waals surface area (Å²) in [6.07, 6.45) is 16.9. The van der Waals surface area contributed by atoms with Gasteiger partial charge in [0.15, 0.2) is 29.8 Å². The fourth-order valence-electron chi connectivity index (χ4n) is 7.04. The van der Waals surface area contributed by atoms with E-state index in [1.54, 1.807) is 86.2 Å². The molecule has 0 amide bonds. The smallest absolute Gasteiger partial charge is 0.347 e. The first-order valence-corrected chi connectivity index (χ1v) is 42.0. The summed E-state index contributed by atoms with van der Waals surface area (Å²) in [4.78, 5) is 54.7. The summed E-state index contributed by atoms with van der Waals surface area (Å²) >= 11 is 29.4. The predicted molar refractivity (Wildman–Crippen MR) is 415 cm³/mol. The second-order valence-electron chi connectivity index (χ2n) is 19.5. The van der Waals surface area contributed by atoms with Crippen LogP contribution in [-0.4, -0.2) is 98.1 Å². The molecule has 5 N–H and O–H groups in total. The number of aromatic carboxylic acids is 1. The highest BCUT2D eigenvalue weighted by Gasteiger charge is 2.45. The average Bonchev–Trinajstić information content (AvgIpc) is 1.64. The normalized spacial score (nSPS) is 12.3. The topological polar surface area (TPSA) is 264 Å². The fraction of sp³-hybridized carbons (Fsp3) is 0.306. The van der Waals surface area contributed by atoms with E-state index >= 15 is 0 Å². The van der Waals surface area contributed by atoms with Gasteiger partial charge < -0.3 is 42.0 Å². The predicted octanol–water partition coefficient (Wildman–Crippen LogP) is 16.0. The van der Waals surface area contributed by atoms with E-state index in [9.17, 15) is 18.0 Å². The number of hydrogen-bond acceptors (Lipinski definition) is 22. The van der Waals surface area contributed by atoms with Crippen LogP contribution in [0.1, 0.15) is 137 Å². The number of primary sulfonamides is 1. The van der Waals surface area contributed by atoms with E-state index in [0.29, 0.717) is 22.1 Å². The number of carboxylic acids is 1. The number of thiazole rings is 7. The van der Waals surface area contributed by atoms with Gasteiger partial charge in [0, 0.05) is 81.2 Å². The van der Waals surface area contributed by atoms with Crippen molar-refractivity contribution in [1.29, 1.82) is 0 Å². The van der Waals surface area contributed by atoms with Crippen molar-refractivity contribution in [1.82, 2.24) is 34.9 Å². The number of carboxylic acid groups (broad SMARTS) is 1. The molecule has 3 aromatic carbocycles. The van der Waals surface area contributed by atoms with Crippen molar-refractivity contribution in [2.75, 3.05) is 27.2 Å². The molecule has 0 fully saturated rings. The zero-order chi connectivity index (χ0) is 70.0. The molecule has 516 valence electrons. The Hall–Kier alpha value is -2.86. The molecular formula is C62H72Br6ClN8O9PS8. The quantitative estimate of drug-likeness (QED) is 0.0353. The highest BCUT2D eigenvalue weighted by molar-refractivity contribution is 9.12. The molecule has 0 aliphatic heterocycles. The van der Waals surface area contributed by atoms with Crippen LogP contribution >= 0.6 is 182 Å². The van der Waals surface area contributed by atoms with Crippen molar-refractivity contribution in [3.63, 3.8) is 0 Å². The van der Waals surface area contributed by atoms with Gasteiger partial charge in [0.25, 0.3) is 10.0 Å². The van der Waals surface area contributed by atoms with E-state index in [2.05, 4.69) is 235 Å². The van der Waals surface area contributed by atoms with Gasteiger partial charge in [-0.2, -0.15) is 0 Å². The largest absolute Gasteiger partial charge is 1.00 e. The molecular weight excluding hydrogens is 1800 g/mol. The first-order chi connectivity index (χ1) is 44.7. The van der Waals surface area contributed by atoms with Crippen molar-refractivity contribution in [2.24, 2.45) is 5.14 Å². The molecule has 0 bridgehead atoms. The Bertz CT molecular complexity index is 3760. The maximum atomic E-state index is 10.9. The number of allylic oxidation sites excluding steroid dienone is 1. The lowest BCUT2D eigenvalue weighted by molar-refractivity contribution is -0.108. The van der Waals surface area contributed by atoms with Crippen molar-refractivity contribution in [3.8, 4) is 0 Å². The number of nitrogens with zero attached hydrogens (tertiary/aromatic N) is 7. The van der Waals surface area contributed by atoms with Crippen LogP contribution in [0.4, 0.5) is 0 Å². The third-order valence-electron chi connectivity index (χ3n) is 12.5. The molecule has 5 atom stereocenters. The molecule has 7 heterocycles. The molecule has 0 saturated carbocycles. The van der Waals surface area contributed by atoms with Crippen molar-refractivity contribution >= 4 is 226 Å². The van der Waals surface area contributed by atoms with E-state index in [4.69, 9.17) is 29.9 Å². The highest BCUT2D eigenvalue weighted by Crippen LogP contribution is 2.55. The van der Waals surface area contributed by atoms with Gasteiger partial charge in [0.1, 0.15) is 34.3 Å². The Morgan fingerprint density at radius 3 is 1.18 bits per heavy atom. The molecule has 0 radical (unpaired) electrons. The van der Waals surface area contributed by atoms with Gasteiger partial charge in [-0.3, -0.25) is 0 Å². The molecule has 17 nitrogen and oxygen atoms in total. The SMILES string of the molecule is CC(C=O)c1cnc(Br)s1.CC(CO)c1cnc(Br)s1.CC(O)c1cnc(Br)s1.CCC(C)c1cnc(Br)s1.CCC(C)c1cnc(S(N)(=O)=O)s1.CO/C=C(\C)c1cnc(Br)s1.COC[P+](c1ccccc1)(c1ccccc1)c1ccccc1.O=C(O)c1cnc(Br)s1.[Cl-]. The van der Waals surface area contributed by atoms with Crippen molar-refractivity contribution in [3.05, 3.63) is 198 Å². The molecule has 95 heavy (non-hydrogen) atoms. The number of rotatable bonds is 18. The maximum Gasteiger partial charge on any atom is 0.347 e. The number of benzene rings is 3. The molecule has 0 spiro atoms. The molecule has 10 aromatic rings. The maximum absolute atomic E-state index is 10.9. The number of aromatic nitrogens is 7. The number of aliphatic hydroxyl groups excluding tert-OH is 2. The van der Waals surface area contributed by atoms with Crippen LogP contribution in [-0.2, 0) is 24.3 Å². The number of hydrogen-bond donors (Lipinski definition) is 4. The standard InChI is InChI=1S/C20H20OP.C7H8BrNOS.C7H10BrNS.C7H12N2O2S2.C6H8BrNOS.C6H6BrNOS.C5H6BrNOS.C4H2BrNO2S.ClH/c1-21-17-22(18-11-5-2-6-12-18,19-13-7-3-8-14-19)20-15-9-4-10-16-20;1-5(4-10-2)6-3-9-7(8)11-6;1-3-5(2)6-4-9-7(8)10-6;1-3-5(2)6-4-9-7(12-6)13(8,10)11;2*1-4(3-9)5-2-8-6(7)10-5;1-3(8)4-2-7-5(6)9-4;5-4-6-1-2(9-4)3(7)8;/h2-16H,17H2,1H3;3-4H,1-2H3;4-5H,3H2,1-2H3;4-5H,3H2,1-2H3,(H2,8,10,11);2,4,9H,3H2,1H3;2-4H,1H3;2-3,8H,1H3;1H,(H,7,8);1H/q+1;;;;;;;;/p-1/b;5-4+;;;;;;;. The summed E-state index contributed by atoms with van der Waals surface area (Å²) in [6, 6.07) is 32.3. The summed E-state index contributed by atoms with van der Waals surface area (Å²) in [6.45, 7) is 16.2. The number of ether oxygens (including phenoxy) is 2. The number of aliphatic hydroxyl groups is 2. The molecule has 0 saturated heterocycles. The molecule has 10 rings (SSSR count). The van der Waals surface area contributed by atoms with Gasteiger partial charge in [-0.05, 0) is 171 Å². The van der Waals surface area contributed by atoms with E-state index in [0.717, 1.165) is 84.9 Å². The van der Waals surface area contributed by atoms with Crippen LogP contribution in [0.2, 0.25) is 0 Å². The zero-order valence-corrected chi connectivity index (χ0v) is 70.6. The van der Waals surface area contributed by atoms with Crippen LogP contribution < -0.4 is 33.5 Å². The number of halogens is 7. The summed E-state index contributed by atoms with van der Waals surface area (Å²) in [5.74, 6) is 0.252. The van der Waals surface area contributed by atoms with Crippen LogP contribution in [0, 0.1) is 0 Å². The minimum absolute atomic E-state index is 0. The number of sulfonamides is 1. The highest BCUT2D eigenvalue weighted by atomic mass is 79.9. The van der Waals surface area contributed by atoms with E-state index < -0.39 is 29.4 Å². The third kappa shape index (κ3) is 31.7. The Kier molecular flexibility index (Phi) is 43.9. The summed E-state index contributed by atoms with van der Waals surface area (Å²) in [7, 11) is -1.96. The number of nitrogens with two attached hydrogens (primary N) is 1. The van der Waals surface area contributed by atoms with Gasteiger partial charge in [-0.25, -0.2) is 53.2 Å². The van der Waals surface area contributed by atoms with Crippen LogP contribution in [0.5, 0.6) is 0 Å². The minimum atomic E-state index is -3.62. The Labute approximate surface area is 641 Å². The summed E-state index contributed by atoms with van der Waals surface area (Å²) in [5, 5.41) is 35.1. The minimum Gasteiger partial charge on any atom is -1.00 e. The average molecular weight is 1880 g/mol. The first kappa shape index (κ1) is 88.2. The lowest BCUT2D eigenvalue weighted by Gasteiger charge is -2.26. The van der Waals surface area contributed by atoms with Gasteiger partial charge in [-0.15, -0.1) is 79.4 Å². The Balaban J connectivity index is 0.000000378. The van der Waals surface area contributed by atoms with E-state index in [-0.39, 0.29) is 40.1 Å². The lowest BCUT2D eigenvalue weighted by atomic mass is 10.1. The van der Waals surface area contributed by atoms with Crippen LogP contribution in [0.25, 0.3) is 5.57 Å². The van der Waals surface area contributed by atoms with Crippen molar-refractivity contribution in [2.45, 2.75) is 102 Å². The second-order valence-corrected chi connectivity index (χ2v) is 39.7. The second kappa shape index (κ2) is 47.3. The Morgan fingerprint density at radius 2 is 0.905 bits per heavy atom. The van der Waals surface area contributed by atoms with E-state index in [1.165, 1.54) is 56.1 Å². The summed E-state index contributed by atoms with van der Waals surface area (Å²) < 4.78 is 37.4. The number of aldehydes is 1.